The zero-order valence-corrected chi connectivity index (χ0v) is 17.2. The maximum atomic E-state index is 13.2. The molecule has 0 aliphatic rings. The van der Waals surface area contributed by atoms with Crippen LogP contribution in [-0.4, -0.2) is 33.4 Å². The van der Waals surface area contributed by atoms with E-state index in [-0.39, 0.29) is 0 Å². The van der Waals surface area contributed by atoms with Gasteiger partial charge in [0, 0.05) is 12.7 Å². The Morgan fingerprint density at radius 2 is 1.53 bits per heavy atom. The number of sulfone groups is 1. The van der Waals surface area contributed by atoms with Crippen molar-refractivity contribution < 1.29 is 30.0 Å². The molecule has 3 rings (SSSR count). The minimum absolute atomic E-state index is 0.296. The third-order valence-corrected chi connectivity index (χ3v) is 7.42. The van der Waals surface area contributed by atoms with Gasteiger partial charge in [-0.05, 0) is 42.4 Å². The normalized spacial score (nSPS) is 12.8. The summed E-state index contributed by atoms with van der Waals surface area (Å²) in [4.78, 5) is -1.71. The van der Waals surface area contributed by atoms with Crippen LogP contribution in [0.2, 0.25) is 0 Å². The summed E-state index contributed by atoms with van der Waals surface area (Å²) in [5, 5.41) is 2.90. The Hall–Kier alpha value is -2.63. The van der Waals surface area contributed by atoms with Gasteiger partial charge in [-0.3, -0.25) is 0 Å². The van der Waals surface area contributed by atoms with Gasteiger partial charge < -0.3 is 5.32 Å². The number of aromatic nitrogens is 1. The topological polar surface area (TPSA) is 85.2 Å². The molecular formula is C19H17F3N2O4S2. The second-order valence-corrected chi connectivity index (χ2v) is 10.1. The van der Waals surface area contributed by atoms with Crippen molar-refractivity contribution >= 4 is 19.9 Å². The summed E-state index contributed by atoms with van der Waals surface area (Å²) in [6.07, 6.45) is 1.35. The predicted molar refractivity (Wildman–Crippen MR) is 105 cm³/mol. The summed E-state index contributed by atoms with van der Waals surface area (Å²) in [6, 6.07) is 13.5. The van der Waals surface area contributed by atoms with Crippen molar-refractivity contribution in [3.63, 3.8) is 0 Å². The van der Waals surface area contributed by atoms with Crippen LogP contribution in [0.15, 0.2) is 76.7 Å². The molecule has 0 aliphatic carbocycles. The summed E-state index contributed by atoms with van der Waals surface area (Å²) in [6.45, 7) is 0.352. The summed E-state index contributed by atoms with van der Waals surface area (Å²) in [5.41, 5.74) is -4.05. The van der Waals surface area contributed by atoms with Crippen LogP contribution in [-0.2, 0) is 26.4 Å². The van der Waals surface area contributed by atoms with Crippen molar-refractivity contribution in [2.45, 2.75) is 21.8 Å². The zero-order chi connectivity index (χ0) is 22.2. The first-order valence-corrected chi connectivity index (χ1v) is 11.5. The van der Waals surface area contributed by atoms with Crippen LogP contribution in [0.25, 0.3) is 11.3 Å². The molecule has 0 unspecified atom stereocenters. The third kappa shape index (κ3) is 4.00. The average molecular weight is 458 g/mol. The van der Waals surface area contributed by atoms with E-state index in [1.165, 1.54) is 6.20 Å². The number of nitrogens with zero attached hydrogens (tertiary/aromatic N) is 1. The van der Waals surface area contributed by atoms with Gasteiger partial charge in [-0.15, -0.1) is 0 Å². The lowest BCUT2D eigenvalue weighted by Crippen LogP contribution is -2.23. The lowest BCUT2D eigenvalue weighted by atomic mass is 10.1. The van der Waals surface area contributed by atoms with Crippen LogP contribution in [0.3, 0.4) is 0 Å². The fourth-order valence-corrected chi connectivity index (χ4v) is 5.19. The zero-order valence-electron chi connectivity index (χ0n) is 15.6. The molecule has 0 atom stereocenters. The van der Waals surface area contributed by atoms with Crippen molar-refractivity contribution in [1.82, 2.24) is 9.29 Å². The fraction of sp³-hybridized carbons (Fsp3) is 0.158. The molecule has 160 valence electrons. The summed E-state index contributed by atoms with van der Waals surface area (Å²) in [5.74, 6) is 0. The van der Waals surface area contributed by atoms with Gasteiger partial charge in [0.1, 0.15) is 0 Å². The van der Waals surface area contributed by atoms with E-state index in [2.05, 4.69) is 5.32 Å². The fourth-order valence-electron chi connectivity index (χ4n) is 2.86. The highest BCUT2D eigenvalue weighted by Gasteiger charge is 2.47. The molecule has 1 heterocycles. The van der Waals surface area contributed by atoms with Gasteiger partial charge in [0.25, 0.3) is 19.9 Å². The van der Waals surface area contributed by atoms with Crippen molar-refractivity contribution in [3.8, 4) is 11.3 Å². The number of benzene rings is 2. The third-order valence-electron chi connectivity index (χ3n) is 4.27. The Balaban J connectivity index is 2.19. The van der Waals surface area contributed by atoms with Gasteiger partial charge >= 0.3 is 5.51 Å². The average Bonchev–Trinajstić information content (AvgIpc) is 3.13. The SMILES string of the molecule is CNCc1cc(-c2ccccc2)n(S(=O)(=O)c2cccc(S(=O)(=O)C(F)(F)F)c2)c1. The molecule has 0 fully saturated rings. The first-order chi connectivity index (χ1) is 14.0. The highest BCUT2D eigenvalue weighted by Crippen LogP contribution is 2.32. The molecule has 0 aliphatic heterocycles. The Labute approximate surface area is 171 Å². The first-order valence-electron chi connectivity index (χ1n) is 8.57. The Bertz CT molecular complexity index is 1270. The Morgan fingerprint density at radius 1 is 0.900 bits per heavy atom. The summed E-state index contributed by atoms with van der Waals surface area (Å²) < 4.78 is 89.5. The minimum atomic E-state index is -5.69. The number of hydrogen-bond donors (Lipinski definition) is 1. The number of hydrogen-bond acceptors (Lipinski definition) is 5. The van der Waals surface area contributed by atoms with Crippen molar-refractivity contribution in [3.05, 3.63) is 72.4 Å². The maximum absolute atomic E-state index is 13.2. The molecule has 6 nitrogen and oxygen atoms in total. The van der Waals surface area contributed by atoms with E-state index in [0.717, 1.165) is 16.1 Å². The van der Waals surface area contributed by atoms with Crippen LogP contribution in [0.4, 0.5) is 13.2 Å². The number of halogens is 3. The number of rotatable bonds is 6. The van der Waals surface area contributed by atoms with E-state index in [1.807, 2.05) is 0 Å². The monoisotopic (exact) mass is 458 g/mol. The van der Waals surface area contributed by atoms with Crippen LogP contribution >= 0.6 is 0 Å². The predicted octanol–water partition coefficient (Wildman–Crippen LogP) is 3.41. The smallest absolute Gasteiger partial charge is 0.316 e. The quantitative estimate of drug-likeness (QED) is 0.612. The lowest BCUT2D eigenvalue weighted by Gasteiger charge is -2.13. The molecule has 0 spiro atoms. The van der Waals surface area contributed by atoms with Crippen molar-refractivity contribution in [2.24, 2.45) is 0 Å². The maximum Gasteiger partial charge on any atom is 0.501 e. The van der Waals surface area contributed by atoms with Gasteiger partial charge in [0.05, 0.1) is 15.5 Å². The standard InChI is InChI=1S/C19H17F3N2O4S2/c1-23-12-14-10-18(15-6-3-2-4-7-15)24(13-14)30(27,28)17-9-5-8-16(11-17)29(25,26)19(20,21)22/h2-11,13,23H,12H2,1H3. The van der Waals surface area contributed by atoms with Crippen molar-refractivity contribution in [2.75, 3.05) is 7.05 Å². The van der Waals surface area contributed by atoms with Gasteiger partial charge in [0.2, 0.25) is 0 Å². The number of alkyl halides is 3. The largest absolute Gasteiger partial charge is 0.501 e. The molecule has 0 saturated carbocycles. The molecule has 0 radical (unpaired) electrons. The van der Waals surface area contributed by atoms with Gasteiger partial charge in [0.15, 0.2) is 0 Å². The lowest BCUT2D eigenvalue weighted by molar-refractivity contribution is -0.0436. The Kier molecular flexibility index (Phi) is 5.81. The highest BCUT2D eigenvalue weighted by atomic mass is 32.2. The second kappa shape index (κ2) is 7.89. The first kappa shape index (κ1) is 22.1. The molecule has 30 heavy (non-hydrogen) atoms. The molecule has 1 N–H and O–H groups in total. The van der Waals surface area contributed by atoms with E-state index in [4.69, 9.17) is 0 Å². The molecular weight excluding hydrogens is 441 g/mol. The number of nitrogens with one attached hydrogen (secondary N) is 1. The van der Waals surface area contributed by atoms with Gasteiger partial charge in [-0.1, -0.05) is 36.4 Å². The summed E-state index contributed by atoms with van der Waals surface area (Å²) in [7, 11) is -8.40. The van der Waals surface area contributed by atoms with Crippen molar-refractivity contribution in [1.29, 1.82) is 0 Å². The van der Waals surface area contributed by atoms with E-state index < -0.39 is 35.2 Å². The van der Waals surface area contributed by atoms with E-state index in [9.17, 15) is 30.0 Å². The molecule has 2 aromatic carbocycles. The van der Waals surface area contributed by atoms with Crippen LogP contribution in [0.1, 0.15) is 5.56 Å². The van der Waals surface area contributed by atoms with Gasteiger partial charge in [-0.2, -0.15) is 13.2 Å². The van der Waals surface area contributed by atoms with Gasteiger partial charge in [-0.25, -0.2) is 20.8 Å². The summed E-state index contributed by atoms with van der Waals surface area (Å²) >= 11 is 0. The molecule has 11 heteroatoms. The Morgan fingerprint density at radius 3 is 2.13 bits per heavy atom. The molecule has 0 amide bonds. The molecule has 0 saturated heterocycles. The van der Waals surface area contributed by atoms with Crippen LogP contribution in [0, 0.1) is 0 Å². The van der Waals surface area contributed by atoms with E-state index in [0.29, 0.717) is 35.5 Å². The minimum Gasteiger partial charge on any atom is -0.316 e. The van der Waals surface area contributed by atoms with Crippen LogP contribution in [0.5, 0.6) is 0 Å². The molecule has 1 aromatic heterocycles. The molecule has 3 aromatic rings. The van der Waals surface area contributed by atoms with Crippen LogP contribution < -0.4 is 5.32 Å². The molecule has 0 bridgehead atoms. The second-order valence-electron chi connectivity index (χ2n) is 6.35. The highest BCUT2D eigenvalue weighted by molar-refractivity contribution is 7.92. The van der Waals surface area contributed by atoms with E-state index in [1.54, 1.807) is 43.4 Å². The van der Waals surface area contributed by atoms with E-state index >= 15 is 0 Å².